The Hall–Kier alpha value is -1.81. The van der Waals surface area contributed by atoms with Crippen LogP contribution >= 0.6 is 0 Å². The third kappa shape index (κ3) is 2.56. The average molecular weight is 286 g/mol. The van der Waals surface area contributed by atoms with Gasteiger partial charge in [0.25, 0.3) is 5.91 Å². The van der Waals surface area contributed by atoms with E-state index in [0.29, 0.717) is 11.6 Å². The number of hydrogen-bond acceptors (Lipinski definition) is 2. The Kier molecular flexibility index (Phi) is 3.72. The molecule has 0 atom stereocenters. The summed E-state index contributed by atoms with van der Waals surface area (Å²) in [4.78, 5) is 17.9. The maximum atomic E-state index is 12.7. The Labute approximate surface area is 124 Å². The third-order valence-electron chi connectivity index (χ3n) is 4.59. The molecule has 1 saturated heterocycles. The first-order valence-corrected chi connectivity index (χ1v) is 7.59. The molecule has 1 fully saturated rings. The number of likely N-dealkylation sites (tertiary alicyclic amines) is 1. The Balaban J connectivity index is 1.87. The van der Waals surface area contributed by atoms with Gasteiger partial charge in [0.2, 0.25) is 0 Å². The number of piperidine rings is 1. The molecule has 0 saturated carbocycles. The summed E-state index contributed by atoms with van der Waals surface area (Å²) < 4.78 is 0. The zero-order valence-electron chi connectivity index (χ0n) is 12.6. The number of aromatic amines is 1. The van der Waals surface area contributed by atoms with Crippen LogP contribution in [0.5, 0.6) is 0 Å². The summed E-state index contributed by atoms with van der Waals surface area (Å²) in [7, 11) is 0. The number of aromatic nitrogens is 1. The lowest BCUT2D eigenvalue weighted by atomic mass is 9.97. The SMILES string of the molecule is Cc1ccc2[nH]c(C(=O)N3CCC(CO)CC3)c(C)c2c1. The van der Waals surface area contributed by atoms with Crippen molar-refractivity contribution in [2.75, 3.05) is 19.7 Å². The minimum Gasteiger partial charge on any atom is -0.396 e. The van der Waals surface area contributed by atoms with Gasteiger partial charge in [-0.15, -0.1) is 0 Å². The summed E-state index contributed by atoms with van der Waals surface area (Å²) in [5.74, 6) is 0.429. The van der Waals surface area contributed by atoms with Gasteiger partial charge in [-0.25, -0.2) is 0 Å². The normalized spacial score (nSPS) is 16.6. The highest BCUT2D eigenvalue weighted by Gasteiger charge is 2.25. The Morgan fingerprint density at radius 1 is 1.33 bits per heavy atom. The molecule has 1 aliphatic heterocycles. The van der Waals surface area contributed by atoms with Gasteiger partial charge < -0.3 is 15.0 Å². The number of aryl methyl sites for hydroxylation is 2. The average Bonchev–Trinajstić information content (AvgIpc) is 2.83. The number of aliphatic hydroxyl groups is 1. The van der Waals surface area contributed by atoms with Gasteiger partial charge in [0.15, 0.2) is 0 Å². The van der Waals surface area contributed by atoms with Crippen LogP contribution in [0.1, 0.15) is 34.5 Å². The van der Waals surface area contributed by atoms with Gasteiger partial charge in [0.1, 0.15) is 5.69 Å². The maximum absolute atomic E-state index is 12.7. The molecule has 21 heavy (non-hydrogen) atoms. The Morgan fingerprint density at radius 3 is 2.71 bits per heavy atom. The van der Waals surface area contributed by atoms with Crippen LogP contribution in [-0.2, 0) is 0 Å². The number of benzene rings is 1. The number of rotatable bonds is 2. The lowest BCUT2D eigenvalue weighted by Crippen LogP contribution is -2.39. The molecule has 1 aromatic carbocycles. The second kappa shape index (κ2) is 5.53. The van der Waals surface area contributed by atoms with Crippen molar-refractivity contribution in [3.8, 4) is 0 Å². The first kappa shape index (κ1) is 14.1. The molecule has 0 unspecified atom stereocenters. The predicted molar refractivity (Wildman–Crippen MR) is 83.5 cm³/mol. The summed E-state index contributed by atoms with van der Waals surface area (Å²) >= 11 is 0. The van der Waals surface area contributed by atoms with Crippen molar-refractivity contribution in [1.29, 1.82) is 0 Å². The number of aliphatic hydroxyl groups excluding tert-OH is 1. The Morgan fingerprint density at radius 2 is 2.05 bits per heavy atom. The molecule has 0 radical (unpaired) electrons. The van der Waals surface area contributed by atoms with E-state index < -0.39 is 0 Å². The third-order valence-corrected chi connectivity index (χ3v) is 4.59. The molecule has 4 nitrogen and oxygen atoms in total. The van der Waals surface area contributed by atoms with Crippen molar-refractivity contribution >= 4 is 16.8 Å². The molecule has 2 N–H and O–H groups in total. The summed E-state index contributed by atoms with van der Waals surface area (Å²) in [5.41, 5.74) is 3.96. The van der Waals surface area contributed by atoms with Gasteiger partial charge in [-0.3, -0.25) is 4.79 Å². The molecule has 1 aromatic heterocycles. The smallest absolute Gasteiger partial charge is 0.270 e. The molecular weight excluding hydrogens is 264 g/mol. The van der Waals surface area contributed by atoms with Gasteiger partial charge in [-0.2, -0.15) is 0 Å². The zero-order chi connectivity index (χ0) is 15.0. The fraction of sp³-hybridized carbons (Fsp3) is 0.471. The molecule has 2 aromatic rings. The van der Waals surface area contributed by atoms with Crippen molar-refractivity contribution in [2.24, 2.45) is 5.92 Å². The van der Waals surface area contributed by atoms with Crippen LogP contribution in [-0.4, -0.2) is 40.6 Å². The predicted octanol–water partition coefficient (Wildman–Crippen LogP) is 2.63. The molecule has 3 rings (SSSR count). The van der Waals surface area contributed by atoms with Gasteiger partial charge in [-0.1, -0.05) is 11.6 Å². The quantitative estimate of drug-likeness (QED) is 0.891. The van der Waals surface area contributed by atoms with E-state index in [2.05, 4.69) is 24.0 Å². The van der Waals surface area contributed by atoms with Crippen LogP contribution in [0.2, 0.25) is 0 Å². The van der Waals surface area contributed by atoms with E-state index in [0.717, 1.165) is 42.4 Å². The van der Waals surface area contributed by atoms with E-state index >= 15 is 0 Å². The van der Waals surface area contributed by atoms with E-state index in [4.69, 9.17) is 0 Å². The van der Waals surface area contributed by atoms with Crippen LogP contribution in [0, 0.1) is 19.8 Å². The molecule has 0 spiro atoms. The molecule has 0 bridgehead atoms. The van der Waals surface area contributed by atoms with E-state index in [-0.39, 0.29) is 12.5 Å². The Bertz CT molecular complexity index is 667. The monoisotopic (exact) mass is 286 g/mol. The van der Waals surface area contributed by atoms with Crippen LogP contribution in [0.15, 0.2) is 18.2 Å². The molecular formula is C17H22N2O2. The van der Waals surface area contributed by atoms with Gasteiger partial charge >= 0.3 is 0 Å². The van der Waals surface area contributed by atoms with Crippen molar-refractivity contribution in [3.05, 3.63) is 35.0 Å². The first-order chi connectivity index (χ1) is 10.1. The number of H-pyrrole nitrogens is 1. The van der Waals surface area contributed by atoms with Gasteiger partial charge in [0.05, 0.1) is 0 Å². The number of nitrogens with zero attached hydrogens (tertiary/aromatic N) is 1. The lowest BCUT2D eigenvalue weighted by molar-refractivity contribution is 0.0645. The van der Waals surface area contributed by atoms with E-state index in [1.54, 1.807) is 0 Å². The van der Waals surface area contributed by atoms with Gasteiger partial charge in [-0.05, 0) is 50.3 Å². The minimum absolute atomic E-state index is 0.0812. The largest absolute Gasteiger partial charge is 0.396 e. The molecule has 1 aliphatic rings. The van der Waals surface area contributed by atoms with Crippen LogP contribution in [0.4, 0.5) is 0 Å². The molecule has 1 amide bonds. The van der Waals surface area contributed by atoms with Crippen molar-refractivity contribution < 1.29 is 9.90 Å². The fourth-order valence-electron chi connectivity index (χ4n) is 3.13. The maximum Gasteiger partial charge on any atom is 0.270 e. The number of carbonyl (C=O) groups excluding carboxylic acids is 1. The number of nitrogens with one attached hydrogen (secondary N) is 1. The minimum atomic E-state index is 0.0812. The molecule has 2 heterocycles. The van der Waals surface area contributed by atoms with E-state index in [1.165, 1.54) is 5.56 Å². The lowest BCUT2D eigenvalue weighted by Gasteiger charge is -2.31. The second-order valence-corrected chi connectivity index (χ2v) is 6.09. The highest BCUT2D eigenvalue weighted by atomic mass is 16.3. The first-order valence-electron chi connectivity index (χ1n) is 7.59. The van der Waals surface area contributed by atoms with Crippen LogP contribution in [0.25, 0.3) is 10.9 Å². The van der Waals surface area contributed by atoms with E-state index in [1.807, 2.05) is 17.9 Å². The van der Waals surface area contributed by atoms with Crippen LogP contribution < -0.4 is 0 Å². The highest BCUT2D eigenvalue weighted by Crippen LogP contribution is 2.25. The van der Waals surface area contributed by atoms with E-state index in [9.17, 15) is 9.90 Å². The topological polar surface area (TPSA) is 56.3 Å². The number of hydrogen-bond donors (Lipinski definition) is 2. The number of carbonyl (C=O) groups is 1. The zero-order valence-corrected chi connectivity index (χ0v) is 12.6. The summed E-state index contributed by atoms with van der Waals surface area (Å²) in [6.07, 6.45) is 1.78. The molecule has 112 valence electrons. The second-order valence-electron chi connectivity index (χ2n) is 6.09. The fourth-order valence-corrected chi connectivity index (χ4v) is 3.13. The van der Waals surface area contributed by atoms with Crippen molar-refractivity contribution in [2.45, 2.75) is 26.7 Å². The van der Waals surface area contributed by atoms with Crippen molar-refractivity contribution in [1.82, 2.24) is 9.88 Å². The summed E-state index contributed by atoms with van der Waals surface area (Å²) in [6.45, 7) is 5.77. The molecule has 4 heteroatoms. The number of fused-ring (bicyclic) bond motifs is 1. The summed E-state index contributed by atoms with van der Waals surface area (Å²) in [6, 6.07) is 6.21. The standard InChI is InChI=1S/C17H22N2O2/c1-11-3-4-15-14(9-11)12(2)16(18-15)17(21)19-7-5-13(10-20)6-8-19/h3-4,9,13,18,20H,5-8,10H2,1-2H3. The number of amides is 1. The highest BCUT2D eigenvalue weighted by molar-refractivity contribution is 6.01. The molecule has 0 aliphatic carbocycles. The van der Waals surface area contributed by atoms with Crippen LogP contribution in [0.3, 0.4) is 0 Å². The summed E-state index contributed by atoms with van der Waals surface area (Å²) in [5, 5.41) is 10.3. The van der Waals surface area contributed by atoms with Gasteiger partial charge in [0, 0.05) is 30.6 Å². The van der Waals surface area contributed by atoms with Crippen molar-refractivity contribution in [3.63, 3.8) is 0 Å².